The normalized spacial score (nSPS) is 11.1. The number of benzene rings is 2. The Hall–Kier alpha value is -3.96. The van der Waals surface area contributed by atoms with Gasteiger partial charge in [0.25, 0.3) is 5.91 Å². The molecular formula is C20H16Cl2N8O3. The fraction of sp³-hybridized carbons (Fsp3) is 0.100. The molecule has 2 aromatic carbocycles. The van der Waals surface area contributed by atoms with Crippen molar-refractivity contribution >= 4 is 41.1 Å². The van der Waals surface area contributed by atoms with Gasteiger partial charge in [-0.25, -0.2) is 10.1 Å². The van der Waals surface area contributed by atoms with Crippen molar-refractivity contribution in [2.75, 3.05) is 12.3 Å². The van der Waals surface area contributed by atoms with Crippen molar-refractivity contribution in [2.45, 2.75) is 6.92 Å². The Balaban J connectivity index is 1.69. The van der Waals surface area contributed by atoms with Crippen LogP contribution in [0, 0.1) is 0 Å². The Kier molecular flexibility index (Phi) is 6.52. The first-order valence-corrected chi connectivity index (χ1v) is 10.3. The molecule has 0 fully saturated rings. The summed E-state index contributed by atoms with van der Waals surface area (Å²) in [6.45, 7) is 2.34. The molecule has 4 aromatic rings. The van der Waals surface area contributed by atoms with Gasteiger partial charge in [0.15, 0.2) is 5.69 Å². The van der Waals surface area contributed by atoms with Crippen molar-refractivity contribution in [3.05, 3.63) is 63.8 Å². The number of ether oxygens (including phenoxy) is 1. The first kappa shape index (κ1) is 22.2. The molecular weight excluding hydrogens is 471 g/mol. The number of nitrogens with two attached hydrogens (primary N) is 1. The van der Waals surface area contributed by atoms with Crippen LogP contribution < -0.4 is 15.9 Å². The lowest BCUT2D eigenvalue weighted by Gasteiger charge is -2.08. The molecule has 0 bridgehead atoms. The second kappa shape index (κ2) is 9.67. The number of rotatable bonds is 7. The van der Waals surface area contributed by atoms with Crippen LogP contribution in [0.3, 0.4) is 0 Å². The van der Waals surface area contributed by atoms with E-state index in [-0.39, 0.29) is 17.3 Å². The molecule has 4 rings (SSSR count). The topological polar surface area (TPSA) is 146 Å². The summed E-state index contributed by atoms with van der Waals surface area (Å²) in [5.41, 5.74) is 9.72. The Morgan fingerprint density at radius 2 is 2.09 bits per heavy atom. The highest BCUT2D eigenvalue weighted by Gasteiger charge is 2.25. The lowest BCUT2D eigenvalue weighted by atomic mass is 10.1. The third-order valence-electron chi connectivity index (χ3n) is 4.32. The molecule has 0 aliphatic rings. The molecule has 0 radical (unpaired) electrons. The predicted octanol–water partition coefficient (Wildman–Crippen LogP) is 3.37. The molecule has 0 spiro atoms. The Morgan fingerprint density at radius 3 is 2.82 bits per heavy atom. The number of anilines is 1. The standard InChI is InChI=1S/C20H16Cl2N8O3/c1-2-32-13-5-3-4-12(9-13)17-16(25-29-30(17)19-18(23)27-33-28-19)20(31)26-24-10-11-6-7-14(21)15(22)8-11/h3-10H,2H2,1H3,(H2,23,27)(H,26,31)/b24-10-. The van der Waals surface area contributed by atoms with Gasteiger partial charge in [0.1, 0.15) is 11.4 Å². The fourth-order valence-electron chi connectivity index (χ4n) is 2.89. The third-order valence-corrected chi connectivity index (χ3v) is 5.06. The molecule has 0 unspecified atom stereocenters. The Morgan fingerprint density at radius 1 is 1.24 bits per heavy atom. The van der Waals surface area contributed by atoms with Gasteiger partial charge in [-0.15, -0.1) is 5.10 Å². The van der Waals surface area contributed by atoms with Crippen molar-refractivity contribution < 1.29 is 14.2 Å². The summed E-state index contributed by atoms with van der Waals surface area (Å²) in [6.07, 6.45) is 1.42. The van der Waals surface area contributed by atoms with Crippen LogP contribution in [-0.4, -0.2) is 44.0 Å². The first-order chi connectivity index (χ1) is 16.0. The number of nitrogens with one attached hydrogen (secondary N) is 1. The third kappa shape index (κ3) is 4.78. The van der Waals surface area contributed by atoms with E-state index in [0.717, 1.165) is 0 Å². The quantitative estimate of drug-likeness (QED) is 0.298. The molecule has 0 saturated heterocycles. The molecule has 33 heavy (non-hydrogen) atoms. The van der Waals surface area contributed by atoms with E-state index in [2.05, 4.69) is 35.8 Å². The number of aromatic nitrogens is 5. The molecule has 1 amide bonds. The maximum Gasteiger partial charge on any atom is 0.294 e. The lowest BCUT2D eigenvalue weighted by Crippen LogP contribution is -2.19. The highest BCUT2D eigenvalue weighted by molar-refractivity contribution is 6.42. The average molecular weight is 487 g/mol. The zero-order valence-corrected chi connectivity index (χ0v) is 18.6. The summed E-state index contributed by atoms with van der Waals surface area (Å²) >= 11 is 11.9. The molecule has 0 atom stereocenters. The second-order valence-electron chi connectivity index (χ2n) is 6.51. The number of carbonyl (C=O) groups excluding carboxylic acids is 1. The van der Waals surface area contributed by atoms with Gasteiger partial charge in [0.05, 0.1) is 22.9 Å². The smallest absolute Gasteiger partial charge is 0.294 e. The lowest BCUT2D eigenvalue weighted by molar-refractivity contribution is 0.0950. The number of halogens is 2. The minimum atomic E-state index is -0.621. The van der Waals surface area contributed by atoms with E-state index in [1.165, 1.54) is 10.9 Å². The van der Waals surface area contributed by atoms with Crippen molar-refractivity contribution in [3.63, 3.8) is 0 Å². The first-order valence-electron chi connectivity index (χ1n) is 9.53. The van der Waals surface area contributed by atoms with E-state index < -0.39 is 5.91 Å². The number of hydrazone groups is 1. The van der Waals surface area contributed by atoms with Crippen LogP contribution >= 0.6 is 23.2 Å². The van der Waals surface area contributed by atoms with Crippen molar-refractivity contribution in [1.29, 1.82) is 0 Å². The van der Waals surface area contributed by atoms with Crippen molar-refractivity contribution in [2.24, 2.45) is 5.10 Å². The van der Waals surface area contributed by atoms with Crippen LogP contribution in [0.15, 0.2) is 52.2 Å². The van der Waals surface area contributed by atoms with Crippen molar-refractivity contribution in [1.82, 2.24) is 30.7 Å². The number of nitrogens with zero attached hydrogens (tertiary/aromatic N) is 6. The Labute approximate surface area is 197 Å². The fourth-order valence-corrected chi connectivity index (χ4v) is 3.20. The highest BCUT2D eigenvalue weighted by Crippen LogP contribution is 2.29. The summed E-state index contributed by atoms with van der Waals surface area (Å²) in [4.78, 5) is 12.9. The molecule has 2 aromatic heterocycles. The summed E-state index contributed by atoms with van der Waals surface area (Å²) in [7, 11) is 0. The number of carbonyl (C=O) groups is 1. The number of hydrogen-bond donors (Lipinski definition) is 2. The van der Waals surface area contributed by atoms with Gasteiger partial charge in [0.2, 0.25) is 11.6 Å². The molecule has 3 N–H and O–H groups in total. The van der Waals surface area contributed by atoms with Crippen LogP contribution in [-0.2, 0) is 0 Å². The molecule has 13 heteroatoms. The van der Waals surface area contributed by atoms with Gasteiger partial charge in [-0.2, -0.15) is 9.78 Å². The van der Waals surface area contributed by atoms with Crippen LogP contribution in [0.5, 0.6) is 5.75 Å². The zero-order valence-electron chi connectivity index (χ0n) is 17.1. The average Bonchev–Trinajstić information content (AvgIpc) is 3.42. The van der Waals surface area contributed by atoms with Crippen LogP contribution in [0.25, 0.3) is 17.1 Å². The molecule has 0 aliphatic heterocycles. The molecule has 11 nitrogen and oxygen atoms in total. The number of hydrogen-bond acceptors (Lipinski definition) is 9. The minimum Gasteiger partial charge on any atom is -0.494 e. The van der Waals surface area contributed by atoms with E-state index in [0.29, 0.717) is 39.2 Å². The van der Waals surface area contributed by atoms with Gasteiger partial charge < -0.3 is 10.5 Å². The van der Waals surface area contributed by atoms with Gasteiger partial charge in [-0.3, -0.25) is 4.79 Å². The van der Waals surface area contributed by atoms with Gasteiger partial charge in [-0.1, -0.05) is 46.6 Å². The summed E-state index contributed by atoms with van der Waals surface area (Å²) in [5.74, 6) is 0.0340. The minimum absolute atomic E-state index is 0.0216. The van der Waals surface area contributed by atoms with E-state index in [4.69, 9.17) is 33.7 Å². The Bertz CT molecular complexity index is 1330. The van der Waals surface area contributed by atoms with Crippen molar-refractivity contribution in [3.8, 4) is 22.8 Å². The predicted molar refractivity (Wildman–Crippen MR) is 122 cm³/mol. The monoisotopic (exact) mass is 486 g/mol. The molecule has 2 heterocycles. The van der Waals surface area contributed by atoms with E-state index in [9.17, 15) is 4.79 Å². The molecule has 168 valence electrons. The van der Waals surface area contributed by atoms with E-state index in [1.54, 1.807) is 42.5 Å². The second-order valence-corrected chi connectivity index (χ2v) is 7.32. The maximum absolute atomic E-state index is 12.9. The van der Waals surface area contributed by atoms with Gasteiger partial charge in [0, 0.05) is 5.56 Å². The summed E-state index contributed by atoms with van der Waals surface area (Å²) < 4.78 is 11.5. The van der Waals surface area contributed by atoms with Gasteiger partial charge in [-0.05, 0) is 47.1 Å². The SMILES string of the molecule is CCOc1cccc(-c2c(C(=O)N/N=C\c3ccc(Cl)c(Cl)c3)nnn2-c2nonc2N)c1. The molecule has 0 aliphatic carbocycles. The maximum atomic E-state index is 12.9. The highest BCUT2D eigenvalue weighted by atomic mass is 35.5. The van der Waals surface area contributed by atoms with Crippen LogP contribution in [0.4, 0.5) is 5.82 Å². The molecule has 0 saturated carbocycles. The van der Waals surface area contributed by atoms with E-state index >= 15 is 0 Å². The number of nitrogen functional groups attached to an aromatic ring is 1. The van der Waals surface area contributed by atoms with Crippen LogP contribution in [0.2, 0.25) is 10.0 Å². The number of amides is 1. The van der Waals surface area contributed by atoms with Crippen LogP contribution in [0.1, 0.15) is 23.0 Å². The van der Waals surface area contributed by atoms with Gasteiger partial charge >= 0.3 is 0 Å². The van der Waals surface area contributed by atoms with E-state index in [1.807, 2.05) is 6.92 Å². The summed E-state index contributed by atoms with van der Waals surface area (Å²) in [6, 6.07) is 12.0. The largest absolute Gasteiger partial charge is 0.494 e. The zero-order chi connectivity index (χ0) is 23.4. The summed E-state index contributed by atoms with van der Waals surface area (Å²) in [5, 5.41) is 20.1.